The molecule has 1 unspecified atom stereocenters. The van der Waals surface area contributed by atoms with Crippen molar-refractivity contribution >= 4 is 23.5 Å². The van der Waals surface area contributed by atoms with Crippen LogP contribution in [0.25, 0.3) is 16.3 Å². The summed E-state index contributed by atoms with van der Waals surface area (Å²) in [6.45, 7) is 0. The van der Waals surface area contributed by atoms with Crippen molar-refractivity contribution in [2.24, 2.45) is 4.99 Å². The summed E-state index contributed by atoms with van der Waals surface area (Å²) in [4.78, 5) is 4.89. The van der Waals surface area contributed by atoms with E-state index < -0.39 is 7.12 Å². The summed E-state index contributed by atoms with van der Waals surface area (Å²) in [7, 11) is -1.50. The Kier molecular flexibility index (Phi) is 3.42. The first-order chi connectivity index (χ1) is 12.7. The SMILES string of the molecule is OB(O)C1=CC=C2N=c3c(ccc4ccccc34)=C2C1c1ccccc1. The first kappa shape index (κ1) is 15.3. The molecule has 2 N–H and O–H groups in total. The Hall–Kier alpha value is -2.95. The van der Waals surface area contributed by atoms with Crippen LogP contribution in [0.2, 0.25) is 0 Å². The predicted octanol–water partition coefficient (Wildman–Crippen LogP) is 2.24. The van der Waals surface area contributed by atoms with Crippen molar-refractivity contribution in [3.63, 3.8) is 0 Å². The fourth-order valence-electron chi connectivity index (χ4n) is 4.02. The largest absolute Gasteiger partial charge is 0.485 e. The topological polar surface area (TPSA) is 52.8 Å². The van der Waals surface area contributed by atoms with Crippen LogP contribution in [0.4, 0.5) is 0 Å². The molecular weight excluding hydrogens is 321 g/mol. The summed E-state index contributed by atoms with van der Waals surface area (Å²) < 4.78 is 0. The molecule has 2 aliphatic rings. The Morgan fingerprint density at radius 1 is 0.808 bits per heavy atom. The lowest BCUT2D eigenvalue weighted by atomic mass is 9.64. The van der Waals surface area contributed by atoms with Gasteiger partial charge in [0, 0.05) is 16.5 Å². The second-order valence-electron chi connectivity index (χ2n) is 6.64. The van der Waals surface area contributed by atoms with Crippen LogP contribution in [0.1, 0.15) is 11.5 Å². The minimum Gasteiger partial charge on any atom is -0.423 e. The van der Waals surface area contributed by atoms with Gasteiger partial charge in [0.1, 0.15) is 0 Å². The second kappa shape index (κ2) is 5.80. The first-order valence-electron chi connectivity index (χ1n) is 8.68. The number of benzene rings is 3. The van der Waals surface area contributed by atoms with Crippen LogP contribution in [0, 0.1) is 0 Å². The molecule has 4 heteroatoms. The molecule has 0 saturated carbocycles. The molecule has 0 saturated heterocycles. The molecule has 0 amide bonds. The molecule has 0 fully saturated rings. The molecule has 1 aliphatic carbocycles. The summed E-state index contributed by atoms with van der Waals surface area (Å²) in [5.74, 6) is -0.220. The van der Waals surface area contributed by atoms with Crippen molar-refractivity contribution in [2.75, 3.05) is 0 Å². The lowest BCUT2D eigenvalue weighted by Gasteiger charge is -2.25. The molecule has 5 rings (SSSR count). The number of fused-ring (bicyclic) bond motifs is 4. The van der Waals surface area contributed by atoms with Crippen LogP contribution in [0.5, 0.6) is 0 Å². The summed E-state index contributed by atoms with van der Waals surface area (Å²) in [6.07, 6.45) is 3.68. The van der Waals surface area contributed by atoms with Crippen LogP contribution < -0.4 is 10.6 Å². The maximum atomic E-state index is 9.96. The van der Waals surface area contributed by atoms with Gasteiger partial charge in [-0.05, 0) is 28.1 Å². The van der Waals surface area contributed by atoms with E-state index >= 15 is 0 Å². The van der Waals surface area contributed by atoms with Crippen LogP contribution in [0.15, 0.2) is 95.0 Å². The van der Waals surface area contributed by atoms with Gasteiger partial charge < -0.3 is 10.0 Å². The van der Waals surface area contributed by atoms with Crippen molar-refractivity contribution in [2.45, 2.75) is 5.92 Å². The molecule has 1 heterocycles. The number of hydrogen-bond acceptors (Lipinski definition) is 3. The maximum absolute atomic E-state index is 9.96. The van der Waals surface area contributed by atoms with Gasteiger partial charge in [0.2, 0.25) is 0 Å². The monoisotopic (exact) mass is 337 g/mol. The van der Waals surface area contributed by atoms with Gasteiger partial charge in [0.15, 0.2) is 0 Å². The molecular formula is C22H16BNO2. The summed E-state index contributed by atoms with van der Waals surface area (Å²) in [5.41, 5.74) is 3.55. The Labute approximate surface area is 151 Å². The highest BCUT2D eigenvalue weighted by atomic mass is 16.4. The Balaban J connectivity index is 1.87. The molecule has 0 aromatic heterocycles. The second-order valence-corrected chi connectivity index (χ2v) is 6.64. The third kappa shape index (κ3) is 2.20. The average molecular weight is 337 g/mol. The minimum atomic E-state index is -1.50. The molecule has 0 spiro atoms. The van der Waals surface area contributed by atoms with E-state index in [1.54, 1.807) is 6.08 Å². The molecule has 0 bridgehead atoms. The zero-order valence-electron chi connectivity index (χ0n) is 14.0. The molecule has 1 atom stereocenters. The fourth-order valence-corrected chi connectivity index (χ4v) is 4.02. The summed E-state index contributed by atoms with van der Waals surface area (Å²) in [5, 5.41) is 24.2. The van der Waals surface area contributed by atoms with Crippen molar-refractivity contribution in [3.8, 4) is 0 Å². The van der Waals surface area contributed by atoms with Crippen LogP contribution in [-0.4, -0.2) is 17.2 Å². The van der Waals surface area contributed by atoms with Gasteiger partial charge in [-0.15, -0.1) is 0 Å². The predicted molar refractivity (Wildman–Crippen MR) is 104 cm³/mol. The standard InChI is InChI=1S/C22H16BNO2/c25-23(26)18-12-13-19-21(20(18)15-7-2-1-3-8-15)17-11-10-14-6-4-5-9-16(14)22(17)24-19/h1-13,20,25-26H. The third-order valence-electron chi connectivity index (χ3n) is 5.19. The lowest BCUT2D eigenvalue weighted by molar-refractivity contribution is 0.416. The van der Waals surface area contributed by atoms with Gasteiger partial charge in [-0.25, -0.2) is 4.99 Å². The normalized spacial score (nSPS) is 17.9. The highest BCUT2D eigenvalue weighted by Gasteiger charge is 2.34. The number of rotatable bonds is 2. The van der Waals surface area contributed by atoms with E-state index in [1.165, 1.54) is 0 Å². The zero-order valence-corrected chi connectivity index (χ0v) is 14.0. The van der Waals surface area contributed by atoms with Gasteiger partial charge in [0.25, 0.3) is 0 Å². The van der Waals surface area contributed by atoms with E-state index in [0.29, 0.717) is 5.47 Å². The Morgan fingerprint density at radius 2 is 1.58 bits per heavy atom. The molecule has 3 aromatic carbocycles. The number of hydrogen-bond donors (Lipinski definition) is 2. The molecule has 26 heavy (non-hydrogen) atoms. The summed E-state index contributed by atoms with van der Waals surface area (Å²) >= 11 is 0. The Bertz CT molecular complexity index is 1210. The van der Waals surface area contributed by atoms with E-state index in [9.17, 15) is 10.0 Å². The quantitative estimate of drug-likeness (QED) is 0.705. The molecule has 3 aromatic rings. The number of nitrogens with zero attached hydrogens (tertiary/aromatic N) is 1. The van der Waals surface area contributed by atoms with Crippen LogP contribution in [-0.2, 0) is 0 Å². The van der Waals surface area contributed by atoms with E-state index in [0.717, 1.165) is 38.2 Å². The van der Waals surface area contributed by atoms with Crippen molar-refractivity contribution in [1.82, 2.24) is 0 Å². The van der Waals surface area contributed by atoms with E-state index in [4.69, 9.17) is 4.99 Å². The van der Waals surface area contributed by atoms with E-state index in [1.807, 2.05) is 48.5 Å². The minimum absolute atomic E-state index is 0.220. The van der Waals surface area contributed by atoms with Gasteiger partial charge in [0.05, 0.1) is 11.1 Å². The van der Waals surface area contributed by atoms with Crippen LogP contribution >= 0.6 is 0 Å². The van der Waals surface area contributed by atoms with E-state index in [2.05, 4.69) is 24.3 Å². The molecule has 0 radical (unpaired) electrons. The summed E-state index contributed by atoms with van der Waals surface area (Å²) in [6, 6.07) is 22.4. The van der Waals surface area contributed by atoms with Crippen molar-refractivity contribution in [1.29, 1.82) is 0 Å². The fraction of sp³-hybridized carbons (Fsp3) is 0.0455. The van der Waals surface area contributed by atoms with E-state index in [-0.39, 0.29) is 5.92 Å². The first-order valence-corrected chi connectivity index (χ1v) is 8.68. The van der Waals surface area contributed by atoms with Gasteiger partial charge in [-0.1, -0.05) is 72.8 Å². The smallest absolute Gasteiger partial charge is 0.423 e. The lowest BCUT2D eigenvalue weighted by Crippen LogP contribution is -2.29. The zero-order chi connectivity index (χ0) is 17.7. The Morgan fingerprint density at radius 3 is 2.38 bits per heavy atom. The van der Waals surface area contributed by atoms with Gasteiger partial charge >= 0.3 is 7.12 Å². The highest BCUT2D eigenvalue weighted by Crippen LogP contribution is 2.41. The highest BCUT2D eigenvalue weighted by molar-refractivity contribution is 6.51. The average Bonchev–Trinajstić information content (AvgIpc) is 3.07. The van der Waals surface area contributed by atoms with Crippen molar-refractivity contribution < 1.29 is 10.0 Å². The van der Waals surface area contributed by atoms with Gasteiger partial charge in [-0.2, -0.15) is 0 Å². The maximum Gasteiger partial charge on any atom is 0.485 e. The van der Waals surface area contributed by atoms with Gasteiger partial charge in [-0.3, -0.25) is 0 Å². The van der Waals surface area contributed by atoms with Crippen LogP contribution in [0.3, 0.4) is 0 Å². The molecule has 3 nitrogen and oxygen atoms in total. The van der Waals surface area contributed by atoms with Crippen molar-refractivity contribution in [3.05, 3.63) is 106 Å². The molecule has 1 aliphatic heterocycles. The molecule has 124 valence electrons. The third-order valence-corrected chi connectivity index (χ3v) is 5.19. The number of allylic oxidation sites excluding steroid dienone is 4.